The van der Waals surface area contributed by atoms with Gasteiger partial charge in [0.1, 0.15) is 12.8 Å². The monoisotopic (exact) mass is 324 g/mol. The van der Waals surface area contributed by atoms with Crippen LogP contribution in [-0.2, 0) is 14.3 Å². The second-order valence-electron chi connectivity index (χ2n) is 6.78. The van der Waals surface area contributed by atoms with Gasteiger partial charge in [0.05, 0.1) is 0 Å². The molecule has 0 unspecified atom stereocenters. The van der Waals surface area contributed by atoms with Crippen molar-refractivity contribution in [3.8, 4) is 0 Å². The topological polar surface area (TPSA) is 42.0 Å². The van der Waals surface area contributed by atoms with Crippen molar-refractivity contribution in [2.24, 2.45) is 5.92 Å². The van der Waals surface area contributed by atoms with Gasteiger partial charge < -0.3 is 9.47 Å². The van der Waals surface area contributed by atoms with Gasteiger partial charge in [0.25, 0.3) is 5.91 Å². The lowest BCUT2D eigenvalue weighted by Crippen LogP contribution is -2.71. The van der Waals surface area contributed by atoms with E-state index in [1.165, 1.54) is 0 Å². The average Bonchev–Trinajstić information content (AvgIpc) is 2.87. The zero-order valence-electron chi connectivity index (χ0n) is 15.2. The quantitative estimate of drug-likeness (QED) is 0.391. The summed E-state index contributed by atoms with van der Waals surface area (Å²) in [7, 11) is 1.58. The van der Waals surface area contributed by atoms with E-state index in [-0.39, 0.29) is 18.7 Å². The van der Waals surface area contributed by atoms with Gasteiger partial charge in [-0.3, -0.25) is 9.80 Å². The van der Waals surface area contributed by atoms with E-state index in [2.05, 4.69) is 44.9 Å². The fourth-order valence-corrected chi connectivity index (χ4v) is 3.67. The molecule has 2 fully saturated rings. The minimum atomic E-state index is -0.416. The lowest BCUT2D eigenvalue weighted by atomic mass is 9.95. The molecule has 0 aliphatic carbocycles. The molecule has 0 radical (unpaired) electrons. The van der Waals surface area contributed by atoms with Crippen LogP contribution in [0, 0.1) is 5.92 Å². The molecule has 2 rings (SSSR count). The standard InChI is InChI=1S/C18H32N2O3/c1-6-15(7-2)10-11-16-17(23-12-22-5)18(21)20(16)19-13(3)8-9-14(19)4/h10-11,13-17H,6-9,12H2,1-5H3/b11-10+/t13-,14-,16+,17-/m1/s1. The van der Waals surface area contributed by atoms with E-state index in [0.717, 1.165) is 25.7 Å². The van der Waals surface area contributed by atoms with Crippen LogP contribution in [0.2, 0.25) is 0 Å². The van der Waals surface area contributed by atoms with E-state index in [1.807, 2.05) is 5.01 Å². The lowest BCUT2D eigenvalue weighted by Gasteiger charge is -2.52. The Hall–Kier alpha value is -0.910. The molecule has 0 saturated carbocycles. The van der Waals surface area contributed by atoms with Crippen LogP contribution in [0.25, 0.3) is 0 Å². The summed E-state index contributed by atoms with van der Waals surface area (Å²) in [6, 6.07) is 0.795. The van der Waals surface area contributed by atoms with E-state index in [9.17, 15) is 4.79 Å². The molecule has 0 bridgehead atoms. The van der Waals surface area contributed by atoms with E-state index >= 15 is 0 Å². The first-order chi connectivity index (χ1) is 11.0. The van der Waals surface area contributed by atoms with Gasteiger partial charge in [-0.25, -0.2) is 5.01 Å². The minimum absolute atomic E-state index is 0.0127. The van der Waals surface area contributed by atoms with Gasteiger partial charge in [-0.05, 0) is 45.4 Å². The molecule has 0 aromatic carbocycles. The highest BCUT2D eigenvalue weighted by atomic mass is 16.7. The Morgan fingerprint density at radius 3 is 2.35 bits per heavy atom. The van der Waals surface area contributed by atoms with E-state index < -0.39 is 6.10 Å². The molecule has 0 spiro atoms. The highest BCUT2D eigenvalue weighted by Crippen LogP contribution is 2.35. The molecule has 5 nitrogen and oxygen atoms in total. The molecule has 0 N–H and O–H groups in total. The number of ether oxygens (including phenoxy) is 2. The minimum Gasteiger partial charge on any atom is -0.359 e. The summed E-state index contributed by atoms with van der Waals surface area (Å²) in [6.45, 7) is 8.95. The van der Waals surface area contributed by atoms with Gasteiger partial charge in [-0.15, -0.1) is 0 Å². The van der Waals surface area contributed by atoms with Crippen molar-refractivity contribution in [2.75, 3.05) is 13.9 Å². The SMILES string of the molecule is CCC(/C=C/[C@H]1[C@@H](OCOC)C(=O)N1N1[C@H](C)CC[C@H]1C)CC. The number of nitrogens with zero attached hydrogens (tertiary/aromatic N) is 2. The fourth-order valence-electron chi connectivity index (χ4n) is 3.67. The third kappa shape index (κ3) is 3.78. The smallest absolute Gasteiger partial charge is 0.269 e. The molecule has 0 aromatic heterocycles. The number of methoxy groups -OCH3 is 1. The van der Waals surface area contributed by atoms with E-state index in [0.29, 0.717) is 18.0 Å². The van der Waals surface area contributed by atoms with Crippen LogP contribution in [0.4, 0.5) is 0 Å². The highest BCUT2D eigenvalue weighted by molar-refractivity contribution is 5.88. The van der Waals surface area contributed by atoms with Crippen LogP contribution in [0.15, 0.2) is 12.2 Å². The largest absolute Gasteiger partial charge is 0.359 e. The number of rotatable bonds is 8. The number of hydrogen-bond donors (Lipinski definition) is 0. The maximum atomic E-state index is 12.6. The lowest BCUT2D eigenvalue weighted by molar-refractivity contribution is -0.221. The first kappa shape index (κ1) is 18.4. The highest BCUT2D eigenvalue weighted by Gasteiger charge is 2.52. The summed E-state index contributed by atoms with van der Waals surface area (Å²) in [5.41, 5.74) is 0. The first-order valence-corrected chi connectivity index (χ1v) is 8.95. The van der Waals surface area contributed by atoms with Gasteiger partial charge >= 0.3 is 0 Å². The molecule has 5 heteroatoms. The van der Waals surface area contributed by atoms with Gasteiger partial charge in [-0.1, -0.05) is 26.0 Å². The Bertz CT molecular complexity index is 412. The van der Waals surface area contributed by atoms with Crippen LogP contribution in [0.5, 0.6) is 0 Å². The molecule has 2 aliphatic heterocycles. The molecule has 2 aliphatic rings. The third-order valence-electron chi connectivity index (χ3n) is 5.21. The third-order valence-corrected chi connectivity index (χ3v) is 5.21. The second kappa shape index (κ2) is 8.27. The molecular weight excluding hydrogens is 292 g/mol. The van der Waals surface area contributed by atoms with E-state index in [1.54, 1.807) is 7.11 Å². The summed E-state index contributed by atoms with van der Waals surface area (Å²) < 4.78 is 10.6. The van der Waals surface area contributed by atoms with Crippen molar-refractivity contribution < 1.29 is 14.3 Å². The second-order valence-corrected chi connectivity index (χ2v) is 6.78. The van der Waals surface area contributed by atoms with Crippen molar-refractivity contribution in [3.63, 3.8) is 0 Å². The van der Waals surface area contributed by atoms with Gasteiger partial charge in [0.15, 0.2) is 6.10 Å². The number of carbonyl (C=O) groups is 1. The Kier molecular flexibility index (Phi) is 6.62. The molecule has 23 heavy (non-hydrogen) atoms. The molecular formula is C18H32N2O3. The van der Waals surface area contributed by atoms with Gasteiger partial charge in [0, 0.05) is 19.2 Å². The van der Waals surface area contributed by atoms with Crippen molar-refractivity contribution >= 4 is 5.91 Å². The number of hydrazine groups is 1. The fraction of sp³-hybridized carbons (Fsp3) is 0.833. The molecule has 132 valence electrons. The normalized spacial score (nSPS) is 32.3. The van der Waals surface area contributed by atoms with Crippen molar-refractivity contribution in [2.45, 2.75) is 77.6 Å². The summed E-state index contributed by atoms with van der Waals surface area (Å²) >= 11 is 0. The van der Waals surface area contributed by atoms with Crippen molar-refractivity contribution in [3.05, 3.63) is 12.2 Å². The Morgan fingerprint density at radius 1 is 1.22 bits per heavy atom. The van der Waals surface area contributed by atoms with Crippen LogP contribution in [0.3, 0.4) is 0 Å². The van der Waals surface area contributed by atoms with Crippen molar-refractivity contribution in [1.82, 2.24) is 10.0 Å². The zero-order chi connectivity index (χ0) is 17.0. The number of carbonyl (C=O) groups excluding carboxylic acids is 1. The first-order valence-electron chi connectivity index (χ1n) is 8.95. The summed E-state index contributed by atoms with van der Waals surface area (Å²) in [5, 5.41) is 4.17. The molecule has 1 amide bonds. The maximum absolute atomic E-state index is 12.6. The summed E-state index contributed by atoms with van der Waals surface area (Å²) in [6.07, 6.45) is 8.51. The predicted molar refractivity (Wildman–Crippen MR) is 90.6 cm³/mol. The van der Waals surface area contributed by atoms with Crippen LogP contribution < -0.4 is 0 Å². The molecule has 2 heterocycles. The van der Waals surface area contributed by atoms with Crippen molar-refractivity contribution in [1.29, 1.82) is 0 Å². The van der Waals surface area contributed by atoms with Crippen LogP contribution in [-0.4, -0.2) is 54.1 Å². The summed E-state index contributed by atoms with van der Waals surface area (Å²) in [5.74, 6) is 0.617. The van der Waals surface area contributed by atoms with E-state index in [4.69, 9.17) is 9.47 Å². The van der Waals surface area contributed by atoms with Crippen LogP contribution in [0.1, 0.15) is 53.4 Å². The number of amides is 1. The van der Waals surface area contributed by atoms with Crippen LogP contribution >= 0.6 is 0 Å². The Labute approximate surface area is 140 Å². The number of β-lactam (4-membered cyclic amide) rings is 1. The number of allylic oxidation sites excluding steroid dienone is 1. The Morgan fingerprint density at radius 2 is 1.83 bits per heavy atom. The molecule has 2 saturated heterocycles. The summed E-state index contributed by atoms with van der Waals surface area (Å²) in [4.78, 5) is 12.6. The molecule has 0 aromatic rings. The average molecular weight is 324 g/mol. The maximum Gasteiger partial charge on any atom is 0.269 e. The Balaban J connectivity index is 2.13. The predicted octanol–water partition coefficient (Wildman–Crippen LogP) is 2.97. The zero-order valence-corrected chi connectivity index (χ0v) is 15.2. The van der Waals surface area contributed by atoms with Gasteiger partial charge in [0.2, 0.25) is 0 Å². The molecule has 4 atom stereocenters. The number of hydrogen-bond acceptors (Lipinski definition) is 4. The van der Waals surface area contributed by atoms with Gasteiger partial charge in [-0.2, -0.15) is 0 Å².